The van der Waals surface area contributed by atoms with E-state index < -0.39 is 0 Å². The van der Waals surface area contributed by atoms with E-state index in [-0.39, 0.29) is 5.41 Å². The summed E-state index contributed by atoms with van der Waals surface area (Å²) in [6.07, 6.45) is 13.1. The van der Waals surface area contributed by atoms with Gasteiger partial charge in [-0.25, -0.2) is 4.98 Å². The Morgan fingerprint density at radius 3 is 3.13 bits per heavy atom. The van der Waals surface area contributed by atoms with Gasteiger partial charge in [-0.05, 0) is 43.4 Å². The van der Waals surface area contributed by atoms with Gasteiger partial charge in [0.15, 0.2) is 0 Å². The van der Waals surface area contributed by atoms with Crippen molar-refractivity contribution in [3.8, 4) is 11.5 Å². The predicted octanol–water partition coefficient (Wildman–Crippen LogP) is 3.80. The molecule has 2 aliphatic rings. The van der Waals surface area contributed by atoms with Gasteiger partial charge in [-0.3, -0.25) is 4.98 Å². The lowest BCUT2D eigenvalue weighted by atomic mass is 9.79. The highest BCUT2D eigenvalue weighted by molar-refractivity contribution is 5.45. The molecule has 0 N–H and O–H groups in total. The van der Waals surface area contributed by atoms with Gasteiger partial charge < -0.3 is 4.52 Å². The topological polar surface area (TPSA) is 64.7 Å². The molecular weight excluding hydrogens is 288 g/mol. The number of aromatic nitrogens is 4. The second kappa shape index (κ2) is 5.55. The lowest BCUT2D eigenvalue weighted by molar-refractivity contribution is 0.245. The molecule has 0 amide bonds. The van der Waals surface area contributed by atoms with E-state index in [1.807, 2.05) is 0 Å². The van der Waals surface area contributed by atoms with Gasteiger partial charge in [-0.2, -0.15) is 4.98 Å². The molecule has 2 unspecified atom stereocenters. The Labute approximate surface area is 136 Å². The Kier molecular flexibility index (Phi) is 3.51. The van der Waals surface area contributed by atoms with Crippen molar-refractivity contribution in [2.75, 3.05) is 0 Å². The normalized spacial score (nSPS) is 31.0. The van der Waals surface area contributed by atoms with Crippen molar-refractivity contribution in [1.82, 2.24) is 20.1 Å². The second-order valence-electron chi connectivity index (χ2n) is 7.05. The van der Waals surface area contributed by atoms with Crippen molar-refractivity contribution in [3.63, 3.8) is 0 Å². The summed E-state index contributed by atoms with van der Waals surface area (Å²) in [5, 5.41) is 4.17. The zero-order valence-corrected chi connectivity index (χ0v) is 13.5. The molecule has 5 nitrogen and oxygen atoms in total. The highest BCUT2D eigenvalue weighted by Gasteiger charge is 2.55. The van der Waals surface area contributed by atoms with Gasteiger partial charge in [0.1, 0.15) is 5.69 Å². The van der Waals surface area contributed by atoms with Crippen LogP contribution in [-0.2, 0) is 5.41 Å². The van der Waals surface area contributed by atoms with Crippen LogP contribution < -0.4 is 0 Å². The molecule has 5 heteroatoms. The quantitative estimate of drug-likeness (QED) is 0.804. The van der Waals surface area contributed by atoms with Crippen molar-refractivity contribution in [2.45, 2.75) is 44.4 Å². The molecule has 0 bridgehead atoms. The van der Waals surface area contributed by atoms with Gasteiger partial charge >= 0.3 is 0 Å². The van der Waals surface area contributed by atoms with Crippen molar-refractivity contribution in [2.24, 2.45) is 17.8 Å². The minimum atomic E-state index is 0.0649. The third kappa shape index (κ3) is 2.30. The molecule has 2 heterocycles. The minimum Gasteiger partial charge on any atom is -0.338 e. The van der Waals surface area contributed by atoms with E-state index in [0.717, 1.165) is 18.7 Å². The summed E-state index contributed by atoms with van der Waals surface area (Å²) in [5.74, 6) is 3.22. The van der Waals surface area contributed by atoms with Crippen molar-refractivity contribution >= 4 is 0 Å². The molecule has 0 aromatic carbocycles. The van der Waals surface area contributed by atoms with Crippen molar-refractivity contribution in [1.29, 1.82) is 0 Å². The highest BCUT2D eigenvalue weighted by atomic mass is 16.5. The lowest BCUT2D eigenvalue weighted by Gasteiger charge is -2.25. The molecule has 0 aliphatic heterocycles. The number of fused-ring (bicyclic) bond motifs is 1. The monoisotopic (exact) mass is 310 g/mol. The lowest BCUT2D eigenvalue weighted by Crippen LogP contribution is -2.26. The molecule has 4 rings (SSSR count). The Bertz CT molecular complexity index is 698. The molecule has 120 valence electrons. The van der Waals surface area contributed by atoms with Crippen LogP contribution in [0.25, 0.3) is 11.5 Å². The van der Waals surface area contributed by atoms with E-state index in [1.54, 1.807) is 18.6 Å². The third-order valence-electron chi connectivity index (χ3n) is 5.93. The van der Waals surface area contributed by atoms with E-state index in [2.05, 4.69) is 34.7 Å². The van der Waals surface area contributed by atoms with E-state index >= 15 is 0 Å². The molecule has 2 aromatic rings. The molecular formula is C18H22N4O. The van der Waals surface area contributed by atoms with Gasteiger partial charge in [-0.15, -0.1) is 6.58 Å². The maximum absolute atomic E-state index is 5.71. The molecule has 2 saturated carbocycles. The first-order chi connectivity index (χ1) is 11.2. The molecule has 0 saturated heterocycles. The van der Waals surface area contributed by atoms with Gasteiger partial charge in [0, 0.05) is 12.4 Å². The van der Waals surface area contributed by atoms with Crippen LogP contribution in [0.5, 0.6) is 0 Å². The first kappa shape index (κ1) is 14.5. The highest BCUT2D eigenvalue weighted by Crippen LogP contribution is 2.58. The molecule has 4 atom stereocenters. The summed E-state index contributed by atoms with van der Waals surface area (Å²) in [6.45, 7) is 6.24. The van der Waals surface area contributed by atoms with Crippen LogP contribution >= 0.6 is 0 Å². The fraction of sp³-hybridized carbons (Fsp3) is 0.556. The molecule has 2 aliphatic carbocycles. The van der Waals surface area contributed by atoms with Gasteiger partial charge in [0.25, 0.3) is 0 Å². The minimum absolute atomic E-state index is 0.0649. The number of rotatable bonds is 4. The number of allylic oxidation sites excluding steroid dienone is 1. The molecule has 2 fully saturated rings. The van der Waals surface area contributed by atoms with Crippen LogP contribution in [-0.4, -0.2) is 20.1 Å². The summed E-state index contributed by atoms with van der Waals surface area (Å²) in [7, 11) is 0. The summed E-state index contributed by atoms with van der Waals surface area (Å²) < 4.78 is 5.71. The Morgan fingerprint density at radius 2 is 2.35 bits per heavy atom. The summed E-state index contributed by atoms with van der Waals surface area (Å²) in [4.78, 5) is 13.1. The number of nitrogens with zero attached hydrogens (tertiary/aromatic N) is 4. The fourth-order valence-corrected chi connectivity index (χ4v) is 4.58. The molecule has 0 spiro atoms. The largest absolute Gasteiger partial charge is 0.338 e. The molecule has 23 heavy (non-hydrogen) atoms. The molecule has 2 aromatic heterocycles. The van der Waals surface area contributed by atoms with Gasteiger partial charge in [0.2, 0.25) is 11.7 Å². The number of hydrogen-bond donors (Lipinski definition) is 0. The van der Waals surface area contributed by atoms with Crippen LogP contribution in [0.1, 0.15) is 44.9 Å². The summed E-state index contributed by atoms with van der Waals surface area (Å²) >= 11 is 0. The Balaban J connectivity index is 1.66. The summed E-state index contributed by atoms with van der Waals surface area (Å²) in [5.41, 5.74) is 0.734. The van der Waals surface area contributed by atoms with Crippen molar-refractivity contribution in [3.05, 3.63) is 37.1 Å². The van der Waals surface area contributed by atoms with Crippen LogP contribution in [0.3, 0.4) is 0 Å². The van der Waals surface area contributed by atoms with Gasteiger partial charge in [0.05, 0.1) is 11.6 Å². The number of hydrogen-bond acceptors (Lipinski definition) is 5. The predicted molar refractivity (Wildman–Crippen MR) is 86.4 cm³/mol. The Hall–Kier alpha value is -2.04. The fourth-order valence-electron chi connectivity index (χ4n) is 4.58. The van der Waals surface area contributed by atoms with E-state index in [0.29, 0.717) is 29.3 Å². The van der Waals surface area contributed by atoms with E-state index in [1.165, 1.54) is 19.3 Å². The summed E-state index contributed by atoms with van der Waals surface area (Å²) in [6, 6.07) is 0. The van der Waals surface area contributed by atoms with Crippen LogP contribution in [0.15, 0.2) is 35.8 Å². The Morgan fingerprint density at radius 1 is 1.43 bits per heavy atom. The van der Waals surface area contributed by atoms with Gasteiger partial charge in [-0.1, -0.05) is 24.6 Å². The SMILES string of the molecule is C=CC(C)C1C[C@H]2CCC[C@@]2(c2nc(-c3cnccn3)no2)C1. The van der Waals surface area contributed by atoms with Crippen LogP contribution in [0.2, 0.25) is 0 Å². The van der Waals surface area contributed by atoms with Crippen molar-refractivity contribution < 1.29 is 4.52 Å². The average Bonchev–Trinajstić information content (AvgIpc) is 3.28. The van der Waals surface area contributed by atoms with Crippen LogP contribution in [0, 0.1) is 17.8 Å². The molecule has 0 radical (unpaired) electrons. The first-order valence-electron chi connectivity index (χ1n) is 8.46. The second-order valence-corrected chi connectivity index (χ2v) is 7.05. The van der Waals surface area contributed by atoms with Crippen LogP contribution in [0.4, 0.5) is 0 Å². The zero-order chi connectivity index (χ0) is 15.9. The van der Waals surface area contributed by atoms with E-state index in [9.17, 15) is 0 Å². The third-order valence-corrected chi connectivity index (χ3v) is 5.93. The maximum Gasteiger partial charge on any atom is 0.233 e. The first-order valence-corrected chi connectivity index (χ1v) is 8.46. The maximum atomic E-state index is 5.71. The smallest absolute Gasteiger partial charge is 0.233 e. The van der Waals surface area contributed by atoms with E-state index in [4.69, 9.17) is 9.51 Å². The standard InChI is InChI=1S/C18H22N4O/c1-3-12(2)13-9-14-5-4-6-18(14,10-13)17-21-16(22-23-17)15-11-19-7-8-20-15/h3,7-8,11-14H,1,4-6,9-10H2,2H3/t12?,13?,14-,18-/m1/s1. The average molecular weight is 310 g/mol. The zero-order valence-electron chi connectivity index (χ0n) is 13.5.